The molecule has 1 rings (SSSR count). The minimum absolute atomic E-state index is 0.0368. The van der Waals surface area contributed by atoms with Crippen molar-refractivity contribution in [2.24, 2.45) is 5.41 Å². The Morgan fingerprint density at radius 1 is 1.48 bits per heavy atom. The molecule has 0 amide bonds. The van der Waals surface area contributed by atoms with Crippen molar-refractivity contribution in [2.75, 3.05) is 12.4 Å². The van der Waals surface area contributed by atoms with E-state index in [1.165, 1.54) is 7.11 Å². The molecule has 7 heteroatoms. The van der Waals surface area contributed by atoms with E-state index in [1.807, 2.05) is 6.92 Å². The fourth-order valence-electron chi connectivity index (χ4n) is 1.42. The molecule has 0 radical (unpaired) electrons. The zero-order valence-electron chi connectivity index (χ0n) is 13.0. The molecule has 1 heterocycles. The molecule has 0 aliphatic heterocycles. The quantitative estimate of drug-likeness (QED) is 0.619. The summed E-state index contributed by atoms with van der Waals surface area (Å²) in [4.78, 5) is 14.3. The van der Waals surface area contributed by atoms with Gasteiger partial charge in [-0.25, -0.2) is 0 Å². The smallest absolute Gasteiger partial charge is 0.274 e. The maximum atomic E-state index is 10.8. The summed E-state index contributed by atoms with van der Waals surface area (Å²) in [6, 6.07) is 1.75. The van der Waals surface area contributed by atoms with E-state index in [1.54, 1.807) is 18.5 Å². The van der Waals surface area contributed by atoms with Crippen molar-refractivity contribution in [1.82, 2.24) is 10.3 Å². The number of aromatic nitrogens is 1. The highest BCUT2D eigenvalue weighted by atomic mass is 16.6. The van der Waals surface area contributed by atoms with E-state index >= 15 is 0 Å². The van der Waals surface area contributed by atoms with Crippen molar-refractivity contribution in [1.29, 1.82) is 0 Å². The molecule has 0 saturated heterocycles. The van der Waals surface area contributed by atoms with E-state index in [-0.39, 0.29) is 11.5 Å². The van der Waals surface area contributed by atoms with Crippen LogP contribution in [0.3, 0.4) is 0 Å². The Balaban J connectivity index is 2.91. The normalized spacial score (nSPS) is 13.5. The van der Waals surface area contributed by atoms with Gasteiger partial charge >= 0.3 is 0 Å². The third kappa shape index (κ3) is 5.68. The standard InChI is InChI=1S/C14H22N4O3/c1-10(14(2,3)4)16-13(9-18(19)20)17-11-6-12(21-5)8-15-7-11/h6-10,16-17H,1-5H3/b13-9+/t10-/m0/s1. The fourth-order valence-corrected chi connectivity index (χ4v) is 1.42. The summed E-state index contributed by atoms with van der Waals surface area (Å²) in [5, 5.41) is 16.8. The fraction of sp³-hybridized carbons (Fsp3) is 0.500. The molecule has 0 unspecified atom stereocenters. The highest BCUT2D eigenvalue weighted by Gasteiger charge is 2.21. The minimum atomic E-state index is -0.502. The van der Waals surface area contributed by atoms with Gasteiger partial charge in [0.05, 0.1) is 30.1 Å². The predicted octanol–water partition coefficient (Wildman–Crippen LogP) is 2.60. The van der Waals surface area contributed by atoms with Crippen LogP contribution in [0.4, 0.5) is 5.69 Å². The second-order valence-corrected chi connectivity index (χ2v) is 5.80. The van der Waals surface area contributed by atoms with Crippen LogP contribution in [0, 0.1) is 15.5 Å². The van der Waals surface area contributed by atoms with Gasteiger partial charge in [0.2, 0.25) is 0 Å². The molecule has 1 atom stereocenters. The molecule has 0 aromatic carbocycles. The summed E-state index contributed by atoms with van der Waals surface area (Å²) >= 11 is 0. The van der Waals surface area contributed by atoms with Crippen LogP contribution in [0.5, 0.6) is 5.75 Å². The lowest BCUT2D eigenvalue weighted by atomic mass is 9.88. The molecule has 1 aromatic heterocycles. The molecule has 0 aliphatic rings. The number of nitrogens with one attached hydrogen (secondary N) is 2. The molecular weight excluding hydrogens is 272 g/mol. The highest BCUT2D eigenvalue weighted by molar-refractivity contribution is 5.49. The summed E-state index contributed by atoms with van der Waals surface area (Å²) in [6.07, 6.45) is 4.04. The number of pyridine rings is 1. The summed E-state index contributed by atoms with van der Waals surface area (Å²) in [7, 11) is 1.54. The number of methoxy groups -OCH3 is 1. The molecule has 0 aliphatic carbocycles. The Morgan fingerprint density at radius 2 is 2.14 bits per heavy atom. The van der Waals surface area contributed by atoms with Crippen molar-refractivity contribution in [3.05, 3.63) is 40.6 Å². The lowest BCUT2D eigenvalue weighted by molar-refractivity contribution is -0.403. The lowest BCUT2D eigenvalue weighted by Crippen LogP contribution is -2.39. The number of nitro groups is 1. The first-order valence-electron chi connectivity index (χ1n) is 6.60. The highest BCUT2D eigenvalue weighted by Crippen LogP contribution is 2.21. The first-order valence-corrected chi connectivity index (χ1v) is 6.60. The van der Waals surface area contributed by atoms with Crippen LogP contribution < -0.4 is 15.4 Å². The summed E-state index contributed by atoms with van der Waals surface area (Å²) in [5.74, 6) is 0.877. The molecule has 2 N–H and O–H groups in total. The molecule has 116 valence electrons. The number of nitrogens with zero attached hydrogens (tertiary/aromatic N) is 2. The second kappa shape index (κ2) is 6.92. The molecule has 21 heavy (non-hydrogen) atoms. The molecule has 0 bridgehead atoms. The minimum Gasteiger partial charge on any atom is -0.495 e. The zero-order chi connectivity index (χ0) is 16.0. The summed E-state index contributed by atoms with van der Waals surface area (Å²) in [5.41, 5.74) is 0.570. The van der Waals surface area contributed by atoms with E-state index in [0.717, 1.165) is 6.20 Å². The van der Waals surface area contributed by atoms with E-state index < -0.39 is 4.92 Å². The molecular formula is C14H22N4O3. The van der Waals surface area contributed by atoms with Crippen LogP contribution >= 0.6 is 0 Å². The van der Waals surface area contributed by atoms with Crippen LogP contribution in [-0.2, 0) is 0 Å². The first kappa shape index (κ1) is 16.7. The van der Waals surface area contributed by atoms with Gasteiger partial charge in [0, 0.05) is 12.1 Å². The van der Waals surface area contributed by atoms with Crippen LogP contribution in [0.15, 0.2) is 30.5 Å². The van der Waals surface area contributed by atoms with Crippen LogP contribution in [0.2, 0.25) is 0 Å². The molecule has 7 nitrogen and oxygen atoms in total. The van der Waals surface area contributed by atoms with Gasteiger partial charge in [-0.15, -0.1) is 0 Å². The van der Waals surface area contributed by atoms with Crippen molar-refractivity contribution in [3.8, 4) is 5.75 Å². The van der Waals surface area contributed by atoms with E-state index in [0.29, 0.717) is 17.3 Å². The number of ether oxygens (including phenoxy) is 1. The SMILES string of the molecule is COc1cncc(N/C(=C/[N+](=O)[O-])N[C@@H](C)C(C)(C)C)c1. The zero-order valence-corrected chi connectivity index (χ0v) is 13.0. The molecule has 0 saturated carbocycles. The summed E-state index contributed by atoms with van der Waals surface area (Å²) in [6.45, 7) is 8.14. The number of hydrogen-bond acceptors (Lipinski definition) is 6. The largest absolute Gasteiger partial charge is 0.495 e. The second-order valence-electron chi connectivity index (χ2n) is 5.80. The maximum Gasteiger partial charge on any atom is 0.274 e. The Morgan fingerprint density at radius 3 is 2.67 bits per heavy atom. The van der Waals surface area contributed by atoms with Gasteiger partial charge in [0.25, 0.3) is 6.20 Å². The monoisotopic (exact) mass is 294 g/mol. The molecule has 1 aromatic rings. The maximum absolute atomic E-state index is 10.8. The van der Waals surface area contributed by atoms with Crippen LogP contribution in [0.1, 0.15) is 27.7 Å². The van der Waals surface area contributed by atoms with Crippen molar-refractivity contribution in [2.45, 2.75) is 33.7 Å². The van der Waals surface area contributed by atoms with Gasteiger partial charge in [-0.3, -0.25) is 15.1 Å². The number of hydrogen-bond donors (Lipinski definition) is 2. The first-order chi connectivity index (χ1) is 9.72. The Hall–Kier alpha value is -2.31. The van der Waals surface area contributed by atoms with Crippen molar-refractivity contribution < 1.29 is 9.66 Å². The Bertz CT molecular complexity index is 523. The third-order valence-electron chi connectivity index (χ3n) is 3.13. The van der Waals surface area contributed by atoms with Crippen molar-refractivity contribution >= 4 is 5.69 Å². The Labute approximate surface area is 124 Å². The van der Waals surface area contributed by atoms with Gasteiger partial charge in [0.15, 0.2) is 5.82 Å². The van der Waals surface area contributed by atoms with Gasteiger partial charge < -0.3 is 15.4 Å². The van der Waals surface area contributed by atoms with Crippen molar-refractivity contribution in [3.63, 3.8) is 0 Å². The summed E-state index contributed by atoms with van der Waals surface area (Å²) < 4.78 is 5.08. The lowest BCUT2D eigenvalue weighted by Gasteiger charge is -2.29. The average Bonchev–Trinajstić information content (AvgIpc) is 2.37. The van der Waals surface area contributed by atoms with Crippen LogP contribution in [0.25, 0.3) is 0 Å². The number of anilines is 1. The molecule has 0 spiro atoms. The van der Waals surface area contributed by atoms with E-state index in [9.17, 15) is 10.1 Å². The average molecular weight is 294 g/mol. The number of rotatable bonds is 6. The topological polar surface area (TPSA) is 89.3 Å². The predicted molar refractivity (Wildman–Crippen MR) is 81.5 cm³/mol. The van der Waals surface area contributed by atoms with Gasteiger partial charge in [-0.2, -0.15) is 0 Å². The van der Waals surface area contributed by atoms with Gasteiger partial charge in [-0.05, 0) is 12.3 Å². The molecule has 0 fully saturated rings. The van der Waals surface area contributed by atoms with E-state index in [4.69, 9.17) is 4.74 Å². The Kier molecular flexibility index (Phi) is 5.52. The van der Waals surface area contributed by atoms with Gasteiger partial charge in [-0.1, -0.05) is 20.8 Å². The van der Waals surface area contributed by atoms with Crippen LogP contribution in [-0.4, -0.2) is 23.1 Å². The van der Waals surface area contributed by atoms with E-state index in [2.05, 4.69) is 36.4 Å². The third-order valence-corrected chi connectivity index (χ3v) is 3.13. The van der Waals surface area contributed by atoms with Gasteiger partial charge in [0.1, 0.15) is 5.75 Å².